The van der Waals surface area contributed by atoms with Gasteiger partial charge >= 0.3 is 0 Å². The summed E-state index contributed by atoms with van der Waals surface area (Å²) in [5.74, 6) is 4.50. The molecule has 4 aliphatic carbocycles. The van der Waals surface area contributed by atoms with Crippen LogP contribution in [0.1, 0.15) is 78.6 Å². The largest absolute Gasteiger partial charge is 0.396 e. The van der Waals surface area contributed by atoms with Crippen LogP contribution in [-0.2, 0) is 0 Å². The van der Waals surface area contributed by atoms with Crippen LogP contribution in [0.15, 0.2) is 11.6 Å². The normalized spacial score (nSPS) is 50.4. The van der Waals surface area contributed by atoms with E-state index in [1.54, 1.807) is 5.57 Å². The second kappa shape index (κ2) is 6.37. The van der Waals surface area contributed by atoms with Crippen molar-refractivity contribution in [1.29, 1.82) is 0 Å². The van der Waals surface area contributed by atoms with Crippen LogP contribution in [0.2, 0.25) is 0 Å². The Morgan fingerprint density at radius 1 is 1.16 bits per heavy atom. The summed E-state index contributed by atoms with van der Waals surface area (Å²) in [7, 11) is 0. The van der Waals surface area contributed by atoms with Crippen LogP contribution >= 0.6 is 0 Å². The molecule has 3 fully saturated rings. The van der Waals surface area contributed by atoms with Crippen LogP contribution in [0.3, 0.4) is 0 Å². The molecule has 0 aromatic carbocycles. The predicted molar refractivity (Wildman–Crippen MR) is 102 cm³/mol. The molecule has 0 aliphatic heterocycles. The fourth-order valence-electron chi connectivity index (χ4n) is 7.77. The molecule has 2 heteroatoms. The Labute approximate surface area is 154 Å². The number of fused-ring (bicyclic) bond motifs is 5. The lowest BCUT2D eigenvalue weighted by Gasteiger charge is -2.55. The van der Waals surface area contributed by atoms with E-state index >= 15 is 0 Å². The second-order valence-electron chi connectivity index (χ2n) is 10.2. The van der Waals surface area contributed by atoms with Crippen LogP contribution in [0.25, 0.3) is 0 Å². The lowest BCUT2D eigenvalue weighted by Crippen LogP contribution is -2.48. The lowest BCUT2D eigenvalue weighted by atomic mass is 9.50. The van der Waals surface area contributed by atoms with Crippen molar-refractivity contribution in [3.63, 3.8) is 0 Å². The highest BCUT2D eigenvalue weighted by molar-refractivity contribution is 5.22. The monoisotopic (exact) mass is 346 g/mol. The molecule has 2 N–H and O–H groups in total. The molecule has 0 saturated heterocycles. The van der Waals surface area contributed by atoms with Crippen LogP contribution in [0, 0.1) is 40.9 Å². The molecule has 4 aliphatic rings. The van der Waals surface area contributed by atoms with Crippen molar-refractivity contribution in [2.24, 2.45) is 40.9 Å². The minimum Gasteiger partial charge on any atom is -0.396 e. The first kappa shape index (κ1) is 18.0. The zero-order valence-electron chi connectivity index (χ0n) is 16.5. The van der Waals surface area contributed by atoms with Crippen molar-refractivity contribution in [1.82, 2.24) is 0 Å². The third kappa shape index (κ3) is 2.74. The third-order valence-electron chi connectivity index (χ3n) is 9.30. The number of aliphatic hydroxyl groups is 2. The van der Waals surface area contributed by atoms with E-state index in [4.69, 9.17) is 0 Å². The highest BCUT2D eigenvalue weighted by Gasteiger charge is 2.57. The van der Waals surface area contributed by atoms with Crippen molar-refractivity contribution in [3.8, 4) is 0 Å². The van der Waals surface area contributed by atoms with E-state index in [0.717, 1.165) is 42.9 Å². The van der Waals surface area contributed by atoms with E-state index in [1.165, 1.54) is 38.5 Å². The predicted octanol–water partition coefficient (Wildman–Crippen LogP) is 4.94. The molecule has 0 heterocycles. The summed E-state index contributed by atoms with van der Waals surface area (Å²) >= 11 is 0. The molecule has 1 unspecified atom stereocenters. The average molecular weight is 347 g/mol. The Hall–Kier alpha value is -0.340. The molecule has 0 bridgehead atoms. The van der Waals surface area contributed by atoms with Gasteiger partial charge in [0, 0.05) is 6.61 Å². The maximum absolute atomic E-state index is 10.8. The van der Waals surface area contributed by atoms with Crippen molar-refractivity contribution in [2.75, 3.05) is 6.61 Å². The first-order chi connectivity index (χ1) is 11.9. The van der Waals surface area contributed by atoms with Gasteiger partial charge in [0.05, 0.1) is 5.60 Å². The molecular formula is C23H38O2. The number of rotatable bonds is 3. The van der Waals surface area contributed by atoms with Gasteiger partial charge in [-0.15, -0.1) is 0 Å². The van der Waals surface area contributed by atoms with Gasteiger partial charge in [0.15, 0.2) is 0 Å². The number of allylic oxidation sites excluding steroid dienone is 1. The van der Waals surface area contributed by atoms with Crippen molar-refractivity contribution in [2.45, 2.75) is 84.2 Å². The molecule has 8 atom stereocenters. The van der Waals surface area contributed by atoms with Crippen LogP contribution in [0.5, 0.6) is 0 Å². The van der Waals surface area contributed by atoms with E-state index in [2.05, 4.69) is 26.8 Å². The van der Waals surface area contributed by atoms with Crippen molar-refractivity contribution < 1.29 is 10.2 Å². The van der Waals surface area contributed by atoms with Crippen LogP contribution in [0.4, 0.5) is 0 Å². The van der Waals surface area contributed by atoms with Crippen molar-refractivity contribution in [3.05, 3.63) is 11.6 Å². The summed E-state index contributed by atoms with van der Waals surface area (Å²) in [5.41, 5.74) is 1.62. The molecule has 0 radical (unpaired) electrons. The first-order valence-corrected chi connectivity index (χ1v) is 10.9. The van der Waals surface area contributed by atoms with Crippen molar-refractivity contribution >= 4 is 0 Å². The minimum atomic E-state index is -0.423. The number of hydrogen-bond donors (Lipinski definition) is 2. The smallest absolute Gasteiger partial charge is 0.0682 e. The molecule has 2 nitrogen and oxygen atoms in total. The first-order valence-electron chi connectivity index (χ1n) is 10.9. The highest BCUT2D eigenvalue weighted by Crippen LogP contribution is 2.64. The quantitative estimate of drug-likeness (QED) is 0.710. The summed E-state index contributed by atoms with van der Waals surface area (Å²) in [6.45, 7) is 7.30. The zero-order chi connectivity index (χ0) is 17.8. The summed E-state index contributed by atoms with van der Waals surface area (Å²) < 4.78 is 0. The standard InChI is InChI=1S/C23H38O2/c1-4-23(25)12-10-17-16(13-23)5-6-19-18(17)9-11-22(3)20(15(2)14-24)7-8-21(19)22/h5,15,17-21,24-25H,4,6-14H2,1-3H3/t15-,17+,18-,19-,20-,21?,22-,23+/m1/s1. The lowest BCUT2D eigenvalue weighted by molar-refractivity contribution is -0.0484. The van der Waals surface area contributed by atoms with E-state index in [0.29, 0.717) is 23.9 Å². The maximum Gasteiger partial charge on any atom is 0.0682 e. The zero-order valence-corrected chi connectivity index (χ0v) is 16.5. The van der Waals surface area contributed by atoms with Gasteiger partial charge in [-0.25, -0.2) is 0 Å². The Balaban J connectivity index is 1.56. The van der Waals surface area contributed by atoms with Gasteiger partial charge in [-0.05, 0) is 98.7 Å². The summed E-state index contributed by atoms with van der Waals surface area (Å²) in [5, 5.41) is 20.5. The molecule has 0 aromatic rings. The molecule has 3 saturated carbocycles. The molecule has 0 spiro atoms. The fourth-order valence-corrected chi connectivity index (χ4v) is 7.77. The van der Waals surface area contributed by atoms with Gasteiger partial charge in [-0.2, -0.15) is 0 Å². The highest BCUT2D eigenvalue weighted by atomic mass is 16.3. The second-order valence-corrected chi connectivity index (χ2v) is 10.2. The van der Waals surface area contributed by atoms with E-state index in [1.807, 2.05) is 0 Å². The number of aliphatic hydroxyl groups excluding tert-OH is 1. The average Bonchev–Trinajstić information content (AvgIpc) is 2.98. The SMILES string of the molecule is CC[C@]1(O)CC[C@H]2C(=CC[C@H]3C4CC[C@H]([C@H](C)CO)[C@@]4(C)CC[C@H]23)C1. The Bertz CT molecular complexity index is 540. The van der Waals surface area contributed by atoms with Gasteiger partial charge in [-0.3, -0.25) is 0 Å². The van der Waals surface area contributed by atoms with Crippen LogP contribution < -0.4 is 0 Å². The van der Waals surface area contributed by atoms with Gasteiger partial charge in [-0.1, -0.05) is 32.4 Å². The molecule has 25 heavy (non-hydrogen) atoms. The summed E-state index contributed by atoms with van der Waals surface area (Å²) in [6, 6.07) is 0. The Morgan fingerprint density at radius 2 is 1.96 bits per heavy atom. The molecule has 0 amide bonds. The Kier molecular flexibility index (Phi) is 4.60. The maximum atomic E-state index is 10.8. The molecule has 0 aromatic heterocycles. The Morgan fingerprint density at radius 3 is 2.68 bits per heavy atom. The fraction of sp³-hybridized carbons (Fsp3) is 0.913. The number of hydrogen-bond acceptors (Lipinski definition) is 2. The van der Waals surface area contributed by atoms with Gasteiger partial charge in [0.1, 0.15) is 0 Å². The minimum absolute atomic E-state index is 0.351. The van der Waals surface area contributed by atoms with E-state index in [9.17, 15) is 10.2 Å². The van der Waals surface area contributed by atoms with Gasteiger partial charge < -0.3 is 10.2 Å². The topological polar surface area (TPSA) is 40.5 Å². The van der Waals surface area contributed by atoms with Gasteiger partial charge in [0.25, 0.3) is 0 Å². The van der Waals surface area contributed by atoms with E-state index in [-0.39, 0.29) is 0 Å². The third-order valence-corrected chi connectivity index (χ3v) is 9.30. The van der Waals surface area contributed by atoms with Gasteiger partial charge in [0.2, 0.25) is 0 Å². The molecular weight excluding hydrogens is 308 g/mol. The summed E-state index contributed by atoms with van der Waals surface area (Å²) in [4.78, 5) is 0. The van der Waals surface area contributed by atoms with E-state index < -0.39 is 5.60 Å². The van der Waals surface area contributed by atoms with Crippen LogP contribution in [-0.4, -0.2) is 22.4 Å². The molecule has 4 rings (SSSR count). The molecule has 142 valence electrons. The summed E-state index contributed by atoms with van der Waals surface area (Å²) in [6.07, 6.45) is 13.3.